The molecule has 0 saturated carbocycles. The first kappa shape index (κ1) is 58.8. The van der Waals surface area contributed by atoms with E-state index in [0.29, 0.717) is 22.5 Å². The van der Waals surface area contributed by atoms with Gasteiger partial charge in [-0.2, -0.15) is 0 Å². The van der Waals surface area contributed by atoms with E-state index in [-0.39, 0.29) is 13.2 Å². The zero-order chi connectivity index (χ0) is 51.9. The van der Waals surface area contributed by atoms with Gasteiger partial charge in [-0.15, -0.1) is 0 Å². The van der Waals surface area contributed by atoms with E-state index < -0.39 is 11.9 Å². The molecule has 74 heavy (non-hydrogen) atoms. The third kappa shape index (κ3) is 25.7. The molecule has 4 aromatic carbocycles. The summed E-state index contributed by atoms with van der Waals surface area (Å²) in [5.74, 6) is 0.791. The molecule has 9 heteroatoms. The molecule has 0 spiro atoms. The molecule has 5 rings (SSSR count). The number of carbonyl (C=O) groups is 2. The molecule has 0 saturated heterocycles. The number of hydrogen-bond donors (Lipinski definition) is 0. The van der Waals surface area contributed by atoms with Gasteiger partial charge >= 0.3 is 11.9 Å². The fourth-order valence-electron chi connectivity index (χ4n) is 8.72. The van der Waals surface area contributed by atoms with Crippen LogP contribution in [0, 0.1) is 0 Å². The van der Waals surface area contributed by atoms with Crippen molar-refractivity contribution in [2.75, 3.05) is 13.2 Å². The predicted molar refractivity (Wildman–Crippen MR) is 305 cm³/mol. The number of benzene rings is 4. The van der Waals surface area contributed by atoms with Crippen LogP contribution in [0.2, 0.25) is 0 Å². The lowest BCUT2D eigenvalue weighted by Crippen LogP contribution is -2.08. The van der Waals surface area contributed by atoms with Crippen molar-refractivity contribution < 1.29 is 28.5 Å². The molecule has 398 valence electrons. The van der Waals surface area contributed by atoms with E-state index in [1.807, 2.05) is 48.5 Å². The Morgan fingerprint density at radius 2 is 0.703 bits per heavy atom. The summed E-state index contributed by atoms with van der Waals surface area (Å²) in [6, 6.07) is 35.1. The molecule has 0 amide bonds. The highest BCUT2D eigenvalue weighted by Gasteiger charge is 2.11. The lowest BCUT2D eigenvalue weighted by Gasteiger charge is -2.08. The maximum Gasteiger partial charge on any atom is 0.338 e. The molecule has 1 heterocycles. The largest absolute Gasteiger partial charge is 0.494 e. The Balaban J connectivity index is 0.905. The molecule has 0 fully saturated rings. The van der Waals surface area contributed by atoms with Crippen LogP contribution in [-0.2, 0) is 22.7 Å². The van der Waals surface area contributed by atoms with Crippen LogP contribution >= 0.6 is 0 Å². The van der Waals surface area contributed by atoms with Gasteiger partial charge in [-0.05, 0) is 133 Å². The number of unbranched alkanes of at least 4 members (excludes halogenated alkanes) is 24. The standard InChI is InChI=1S/C65H87N3O6/c1-3-5-7-9-11-13-15-17-19-21-23-25-27-48-71-62-44-32-54(33-45-62)50-66-58-40-36-56(37-41-58)64(69)73-52-60-30-29-31-61(68-60)53-74-65(70)57-38-42-59(43-39-57)67-51-55-34-46-63(47-35-55)72-49-28-26-24-22-20-18-16-14-12-10-8-6-4-2/h29-47,50-51H,3-28,48-49,52-53H2,1-2H3. The molecule has 0 atom stereocenters. The summed E-state index contributed by atoms with van der Waals surface area (Å²) in [5, 5.41) is 0. The highest BCUT2D eigenvalue weighted by molar-refractivity contribution is 5.91. The molecule has 0 N–H and O–H groups in total. The normalized spacial score (nSPS) is 11.4. The van der Waals surface area contributed by atoms with Crippen LogP contribution in [0.4, 0.5) is 11.4 Å². The second kappa shape index (κ2) is 37.6. The minimum atomic E-state index is -0.473. The first-order chi connectivity index (χ1) is 36.5. The van der Waals surface area contributed by atoms with E-state index in [4.69, 9.17) is 18.9 Å². The zero-order valence-corrected chi connectivity index (χ0v) is 45.1. The molecule has 0 aliphatic rings. The number of nitrogens with zero attached hydrogens (tertiary/aromatic N) is 3. The fraction of sp³-hybridized carbons (Fsp3) is 0.492. The van der Waals surface area contributed by atoms with Crippen LogP contribution in [0.5, 0.6) is 11.5 Å². The van der Waals surface area contributed by atoms with Gasteiger partial charge in [0.2, 0.25) is 0 Å². The lowest BCUT2D eigenvalue weighted by atomic mass is 10.0. The fourth-order valence-corrected chi connectivity index (χ4v) is 8.72. The van der Waals surface area contributed by atoms with Crippen molar-refractivity contribution in [2.45, 2.75) is 194 Å². The van der Waals surface area contributed by atoms with Crippen LogP contribution in [0.25, 0.3) is 0 Å². The first-order valence-electron chi connectivity index (χ1n) is 28.5. The van der Waals surface area contributed by atoms with Crippen LogP contribution in [0.1, 0.15) is 224 Å². The maximum atomic E-state index is 12.9. The van der Waals surface area contributed by atoms with Gasteiger partial charge in [-0.1, -0.05) is 174 Å². The molecule has 9 nitrogen and oxygen atoms in total. The minimum Gasteiger partial charge on any atom is -0.494 e. The van der Waals surface area contributed by atoms with Gasteiger partial charge in [0.15, 0.2) is 0 Å². The zero-order valence-electron chi connectivity index (χ0n) is 45.1. The summed E-state index contributed by atoms with van der Waals surface area (Å²) in [4.78, 5) is 39.5. The topological polar surface area (TPSA) is 109 Å². The van der Waals surface area contributed by atoms with Crippen LogP contribution in [0.15, 0.2) is 125 Å². The lowest BCUT2D eigenvalue weighted by molar-refractivity contribution is 0.0463. The molecule has 0 unspecified atom stereocenters. The van der Waals surface area contributed by atoms with Gasteiger partial charge in [0.1, 0.15) is 24.7 Å². The van der Waals surface area contributed by atoms with Gasteiger partial charge in [-0.25, -0.2) is 9.59 Å². The summed E-state index contributed by atoms with van der Waals surface area (Å²) >= 11 is 0. The summed E-state index contributed by atoms with van der Waals surface area (Å²) in [6.07, 6.45) is 38.4. The van der Waals surface area contributed by atoms with Gasteiger partial charge in [0.25, 0.3) is 0 Å². The average Bonchev–Trinajstić information content (AvgIpc) is 3.44. The molecule has 0 aliphatic carbocycles. The van der Waals surface area contributed by atoms with Crippen molar-refractivity contribution >= 4 is 35.7 Å². The number of rotatable bonds is 40. The Morgan fingerprint density at radius 1 is 0.392 bits per heavy atom. The number of pyridine rings is 1. The first-order valence-corrected chi connectivity index (χ1v) is 28.5. The SMILES string of the molecule is CCCCCCCCCCCCCCCOc1ccc(C=Nc2ccc(C(=O)OCc3cccc(COC(=O)c4ccc(N=Cc5ccc(OCCCCCCCCCCCCCCC)cc5)cc4)n3)cc2)cc1. The predicted octanol–water partition coefficient (Wildman–Crippen LogP) is 18.2. The number of aliphatic imine (C=N–C) groups is 2. The summed E-state index contributed by atoms with van der Waals surface area (Å²) in [6.45, 7) is 5.97. The molecular formula is C65H87N3O6. The van der Waals surface area contributed by atoms with Gasteiger partial charge in [0, 0.05) is 12.4 Å². The maximum absolute atomic E-state index is 12.9. The van der Waals surface area contributed by atoms with Crippen LogP contribution in [-0.4, -0.2) is 42.6 Å². The molecule has 0 radical (unpaired) electrons. The number of ether oxygens (including phenoxy) is 4. The Morgan fingerprint density at radius 3 is 1.03 bits per heavy atom. The molecule has 0 aliphatic heterocycles. The summed E-state index contributed by atoms with van der Waals surface area (Å²) in [5.41, 5.74) is 5.25. The molecule has 1 aromatic heterocycles. The van der Waals surface area contributed by atoms with E-state index in [0.717, 1.165) is 60.1 Å². The van der Waals surface area contributed by atoms with E-state index in [1.54, 1.807) is 79.2 Å². The van der Waals surface area contributed by atoms with Crippen molar-refractivity contribution in [2.24, 2.45) is 9.98 Å². The Kier molecular flexibility index (Phi) is 29.9. The van der Waals surface area contributed by atoms with Gasteiger partial charge in [-0.3, -0.25) is 15.0 Å². The monoisotopic (exact) mass is 1010 g/mol. The number of carbonyl (C=O) groups excluding carboxylic acids is 2. The highest BCUT2D eigenvalue weighted by atomic mass is 16.5. The van der Waals surface area contributed by atoms with Gasteiger partial charge < -0.3 is 18.9 Å². The van der Waals surface area contributed by atoms with Crippen LogP contribution in [0.3, 0.4) is 0 Å². The minimum absolute atomic E-state index is 0.0287. The Labute approximate surface area is 445 Å². The van der Waals surface area contributed by atoms with Crippen molar-refractivity contribution in [1.82, 2.24) is 4.98 Å². The van der Waals surface area contributed by atoms with Crippen molar-refractivity contribution in [3.63, 3.8) is 0 Å². The molecular weight excluding hydrogens is 919 g/mol. The quantitative estimate of drug-likeness (QED) is 0.0218. The van der Waals surface area contributed by atoms with E-state index in [9.17, 15) is 9.59 Å². The van der Waals surface area contributed by atoms with E-state index in [1.165, 1.54) is 154 Å². The van der Waals surface area contributed by atoms with Crippen molar-refractivity contribution in [3.05, 3.63) is 149 Å². The highest BCUT2D eigenvalue weighted by Crippen LogP contribution is 2.20. The number of hydrogen-bond acceptors (Lipinski definition) is 9. The number of aromatic nitrogens is 1. The van der Waals surface area contributed by atoms with E-state index in [2.05, 4.69) is 28.8 Å². The Hall–Kier alpha value is -6.09. The third-order valence-corrected chi connectivity index (χ3v) is 13.3. The average molecular weight is 1010 g/mol. The number of esters is 2. The Bertz CT molecular complexity index is 2150. The molecule has 0 bridgehead atoms. The van der Waals surface area contributed by atoms with Crippen LogP contribution < -0.4 is 9.47 Å². The third-order valence-electron chi connectivity index (χ3n) is 13.3. The second-order valence-corrected chi connectivity index (χ2v) is 19.7. The molecule has 5 aromatic rings. The summed E-state index contributed by atoms with van der Waals surface area (Å²) < 4.78 is 23.1. The van der Waals surface area contributed by atoms with Crippen molar-refractivity contribution in [3.8, 4) is 11.5 Å². The summed E-state index contributed by atoms with van der Waals surface area (Å²) in [7, 11) is 0. The second-order valence-electron chi connectivity index (χ2n) is 19.7. The van der Waals surface area contributed by atoms with E-state index >= 15 is 0 Å². The smallest absolute Gasteiger partial charge is 0.338 e. The van der Waals surface area contributed by atoms with Gasteiger partial charge in [0.05, 0.1) is 47.1 Å². The van der Waals surface area contributed by atoms with Crippen molar-refractivity contribution in [1.29, 1.82) is 0 Å².